The van der Waals surface area contributed by atoms with Gasteiger partial charge in [-0.1, -0.05) is 109 Å². The highest BCUT2D eigenvalue weighted by Crippen LogP contribution is 2.51. The number of hydrogen-bond donors (Lipinski definition) is 1. The summed E-state index contributed by atoms with van der Waals surface area (Å²) in [5, 5.41) is 3.14. The van der Waals surface area contributed by atoms with E-state index in [1.54, 1.807) is 30.3 Å². The predicted molar refractivity (Wildman–Crippen MR) is 152 cm³/mol. The second-order valence-electron chi connectivity index (χ2n) is 9.00. The monoisotopic (exact) mass is 522 g/mol. The number of benzene rings is 6. The van der Waals surface area contributed by atoms with Crippen molar-refractivity contribution in [3.05, 3.63) is 121 Å². The van der Waals surface area contributed by atoms with Crippen LogP contribution in [-0.4, -0.2) is 6.36 Å². The van der Waals surface area contributed by atoms with E-state index in [2.05, 4.69) is 0 Å². The molecular formula is C33H21F3OS. The van der Waals surface area contributed by atoms with Crippen molar-refractivity contribution in [3.63, 3.8) is 0 Å². The zero-order valence-electron chi connectivity index (χ0n) is 20.0. The van der Waals surface area contributed by atoms with Gasteiger partial charge < -0.3 is 4.74 Å². The van der Waals surface area contributed by atoms with Crippen LogP contribution in [0.2, 0.25) is 0 Å². The zero-order chi connectivity index (χ0) is 26.3. The van der Waals surface area contributed by atoms with E-state index in [1.807, 2.05) is 91.0 Å². The topological polar surface area (TPSA) is 9.23 Å². The quantitative estimate of drug-likeness (QED) is 0.227. The smallest absolute Gasteiger partial charge is 0.404 e. The first-order valence-electron chi connectivity index (χ1n) is 12.1. The Morgan fingerprint density at radius 2 is 0.974 bits per heavy atom. The molecule has 0 aliphatic heterocycles. The third-order valence-corrected chi connectivity index (χ3v) is 7.13. The molecule has 1 nitrogen and oxygen atoms in total. The van der Waals surface area contributed by atoms with Crippen molar-refractivity contribution in [1.29, 1.82) is 0 Å². The van der Waals surface area contributed by atoms with Crippen LogP contribution in [0, 0.1) is 0 Å². The molecule has 0 fully saturated rings. The van der Waals surface area contributed by atoms with Gasteiger partial charge in [-0.05, 0) is 50.4 Å². The fourth-order valence-corrected chi connectivity index (χ4v) is 5.48. The molecule has 6 aromatic carbocycles. The molecule has 0 bridgehead atoms. The Hall–Kier alpha value is -4.22. The molecule has 0 saturated heterocycles. The summed E-state index contributed by atoms with van der Waals surface area (Å²) >= 11 is 4.98. The van der Waals surface area contributed by atoms with E-state index >= 15 is 0 Å². The molecular weight excluding hydrogens is 501 g/mol. The summed E-state index contributed by atoms with van der Waals surface area (Å²) in [6, 6.07) is 37.7. The maximum Gasteiger partial charge on any atom is 0.573 e. The molecule has 0 aromatic heterocycles. The van der Waals surface area contributed by atoms with Crippen LogP contribution >= 0.6 is 12.6 Å². The average molecular weight is 523 g/mol. The van der Waals surface area contributed by atoms with Crippen molar-refractivity contribution in [2.45, 2.75) is 11.3 Å². The van der Waals surface area contributed by atoms with E-state index in [-0.39, 0.29) is 5.75 Å². The average Bonchev–Trinajstić information content (AvgIpc) is 2.93. The van der Waals surface area contributed by atoms with Crippen LogP contribution in [0.15, 0.2) is 126 Å². The normalized spacial score (nSPS) is 11.7. The van der Waals surface area contributed by atoms with E-state index in [4.69, 9.17) is 17.4 Å². The van der Waals surface area contributed by atoms with Crippen molar-refractivity contribution >= 4 is 34.2 Å². The lowest BCUT2D eigenvalue weighted by molar-refractivity contribution is -0.274. The van der Waals surface area contributed by atoms with E-state index in [1.165, 1.54) is 0 Å². The molecule has 0 aliphatic carbocycles. The van der Waals surface area contributed by atoms with Crippen LogP contribution in [0.4, 0.5) is 13.2 Å². The van der Waals surface area contributed by atoms with Crippen LogP contribution in [0.5, 0.6) is 5.75 Å². The minimum atomic E-state index is -4.90. The van der Waals surface area contributed by atoms with Gasteiger partial charge in [0.25, 0.3) is 0 Å². The molecule has 38 heavy (non-hydrogen) atoms. The van der Waals surface area contributed by atoms with E-state index in [9.17, 15) is 13.2 Å². The molecule has 186 valence electrons. The fourth-order valence-electron chi connectivity index (χ4n) is 5.06. The summed E-state index contributed by atoms with van der Waals surface area (Å²) in [6.45, 7) is 0. The van der Waals surface area contributed by atoms with Gasteiger partial charge in [0, 0.05) is 21.6 Å². The lowest BCUT2D eigenvalue weighted by Crippen LogP contribution is -2.18. The molecule has 5 heteroatoms. The van der Waals surface area contributed by atoms with Crippen LogP contribution in [0.1, 0.15) is 0 Å². The molecule has 0 saturated carbocycles. The molecule has 0 unspecified atom stereocenters. The molecule has 0 spiro atoms. The number of hydrogen-bond acceptors (Lipinski definition) is 2. The van der Waals surface area contributed by atoms with Crippen LogP contribution in [-0.2, 0) is 0 Å². The first-order valence-corrected chi connectivity index (χ1v) is 12.5. The standard InChI is InChI=1S/C33H21F3OS/c34-33(35,36)37-31-27(21-11-3-1-4-12-21)19-23-15-7-9-17-25(23)29(31)30-26-18-10-8-16-24(26)20-28(32(30)38)22-13-5-2-6-14-22/h1-20,38H. The summed E-state index contributed by atoms with van der Waals surface area (Å²) in [7, 11) is 0. The molecule has 0 N–H and O–H groups in total. The Labute approximate surface area is 223 Å². The summed E-state index contributed by atoms with van der Waals surface area (Å²) < 4.78 is 47.0. The van der Waals surface area contributed by atoms with Crippen molar-refractivity contribution in [2.75, 3.05) is 0 Å². The fraction of sp³-hybridized carbons (Fsp3) is 0.0303. The molecule has 0 radical (unpaired) electrons. The highest BCUT2D eigenvalue weighted by molar-refractivity contribution is 7.80. The molecule has 0 aliphatic rings. The van der Waals surface area contributed by atoms with Crippen molar-refractivity contribution in [2.24, 2.45) is 0 Å². The van der Waals surface area contributed by atoms with Crippen LogP contribution in [0.3, 0.4) is 0 Å². The first-order chi connectivity index (χ1) is 18.4. The van der Waals surface area contributed by atoms with Gasteiger partial charge in [-0.2, -0.15) is 0 Å². The number of fused-ring (bicyclic) bond motifs is 2. The third kappa shape index (κ3) is 4.39. The summed E-state index contributed by atoms with van der Waals surface area (Å²) in [4.78, 5) is 0.581. The summed E-state index contributed by atoms with van der Waals surface area (Å²) in [6.07, 6.45) is -4.90. The van der Waals surface area contributed by atoms with E-state index < -0.39 is 6.36 Å². The Kier molecular flexibility index (Phi) is 6.09. The van der Waals surface area contributed by atoms with Gasteiger partial charge in [-0.15, -0.1) is 25.8 Å². The van der Waals surface area contributed by atoms with Crippen LogP contribution < -0.4 is 4.74 Å². The lowest BCUT2D eigenvalue weighted by Gasteiger charge is -2.23. The highest BCUT2D eigenvalue weighted by atomic mass is 32.1. The van der Waals surface area contributed by atoms with Gasteiger partial charge in [0.05, 0.1) is 0 Å². The third-order valence-electron chi connectivity index (χ3n) is 6.66. The number of thiol groups is 1. The van der Waals surface area contributed by atoms with E-state index in [0.717, 1.165) is 27.3 Å². The molecule has 6 rings (SSSR count). The van der Waals surface area contributed by atoms with Gasteiger partial charge in [-0.3, -0.25) is 0 Å². The van der Waals surface area contributed by atoms with E-state index in [0.29, 0.717) is 32.5 Å². The second kappa shape index (κ2) is 9.58. The van der Waals surface area contributed by atoms with Gasteiger partial charge in [0.1, 0.15) is 5.75 Å². The van der Waals surface area contributed by atoms with Crippen molar-refractivity contribution < 1.29 is 17.9 Å². The summed E-state index contributed by atoms with van der Waals surface area (Å²) in [5.74, 6) is -0.243. The number of rotatable bonds is 4. The lowest BCUT2D eigenvalue weighted by atomic mass is 9.87. The molecule has 0 amide bonds. The summed E-state index contributed by atoms with van der Waals surface area (Å²) in [5.41, 5.74) is 3.69. The van der Waals surface area contributed by atoms with Gasteiger partial charge in [0.2, 0.25) is 0 Å². The van der Waals surface area contributed by atoms with Gasteiger partial charge in [0.15, 0.2) is 0 Å². The predicted octanol–water partition coefficient (Wildman–Crippen LogP) is 10.2. The minimum absolute atomic E-state index is 0.243. The Bertz CT molecular complexity index is 1780. The molecule has 0 atom stereocenters. The SMILES string of the molecule is FC(F)(F)Oc1c(-c2ccccc2)cc2ccccc2c1-c1c(S)c(-c2ccccc2)cc2ccccc12. The van der Waals surface area contributed by atoms with Gasteiger partial charge in [-0.25, -0.2) is 0 Å². The largest absolute Gasteiger partial charge is 0.573 e. The van der Waals surface area contributed by atoms with Crippen molar-refractivity contribution in [3.8, 4) is 39.1 Å². The minimum Gasteiger partial charge on any atom is -0.404 e. The zero-order valence-corrected chi connectivity index (χ0v) is 20.9. The maximum absolute atomic E-state index is 14.1. The molecule has 0 heterocycles. The molecule has 6 aromatic rings. The maximum atomic E-state index is 14.1. The van der Waals surface area contributed by atoms with Gasteiger partial charge >= 0.3 is 6.36 Å². The Morgan fingerprint density at radius 3 is 1.53 bits per heavy atom. The highest BCUT2D eigenvalue weighted by Gasteiger charge is 2.35. The Balaban J connectivity index is 1.82. The van der Waals surface area contributed by atoms with Crippen molar-refractivity contribution in [1.82, 2.24) is 0 Å². The Morgan fingerprint density at radius 1 is 0.526 bits per heavy atom. The first kappa shape index (κ1) is 24.1. The van der Waals surface area contributed by atoms with Crippen LogP contribution in [0.25, 0.3) is 54.9 Å². The number of ether oxygens (including phenoxy) is 1. The number of halogens is 3. The number of alkyl halides is 3. The second-order valence-corrected chi connectivity index (χ2v) is 9.45.